The highest BCUT2D eigenvalue weighted by Crippen LogP contribution is 2.23. The summed E-state index contributed by atoms with van der Waals surface area (Å²) in [7, 11) is 0. The second-order valence-electron chi connectivity index (χ2n) is 3.25. The van der Waals surface area contributed by atoms with Gasteiger partial charge in [0.2, 0.25) is 0 Å². The second-order valence-corrected chi connectivity index (χ2v) is 3.25. The number of ether oxygens (including phenoxy) is 1. The van der Waals surface area contributed by atoms with Crippen molar-refractivity contribution in [2.24, 2.45) is 0 Å². The molecule has 18 heavy (non-hydrogen) atoms. The van der Waals surface area contributed by atoms with E-state index < -0.39 is 29.5 Å². The molecular formula is C11H9F3N2O2. The summed E-state index contributed by atoms with van der Waals surface area (Å²) >= 11 is 0. The molecule has 0 aliphatic rings. The summed E-state index contributed by atoms with van der Waals surface area (Å²) in [5.41, 5.74) is -1.77. The number of halogens is 3. The Morgan fingerprint density at radius 3 is 2.78 bits per heavy atom. The molecule has 0 atom stereocenters. The van der Waals surface area contributed by atoms with Crippen molar-refractivity contribution < 1.29 is 22.7 Å². The third-order valence-corrected chi connectivity index (χ3v) is 2.08. The average Bonchev–Trinajstić information content (AvgIpc) is 2.29. The van der Waals surface area contributed by atoms with Crippen molar-refractivity contribution in [2.45, 2.75) is 19.8 Å². The molecule has 0 saturated carbocycles. The van der Waals surface area contributed by atoms with Crippen LogP contribution in [0.3, 0.4) is 0 Å². The Morgan fingerprint density at radius 2 is 2.28 bits per heavy atom. The molecule has 1 heterocycles. The number of nitriles is 1. The third kappa shape index (κ3) is 2.97. The zero-order valence-electron chi connectivity index (χ0n) is 9.41. The number of nitrogens with zero attached hydrogens (tertiary/aromatic N) is 2. The largest absolute Gasteiger partial charge is 0.466 e. The predicted molar refractivity (Wildman–Crippen MR) is 54.2 cm³/mol. The Hall–Kier alpha value is -2.10. The van der Waals surface area contributed by atoms with Crippen LogP contribution in [0.15, 0.2) is 6.20 Å². The van der Waals surface area contributed by atoms with E-state index in [0.29, 0.717) is 0 Å². The van der Waals surface area contributed by atoms with Crippen LogP contribution in [0, 0.1) is 17.1 Å². The SMILES string of the molecule is CCOC(=O)Cc1cnc(C(F)F)c(F)c1C#N. The highest BCUT2D eigenvalue weighted by Gasteiger charge is 2.22. The number of hydrogen-bond acceptors (Lipinski definition) is 4. The van der Waals surface area contributed by atoms with Crippen molar-refractivity contribution >= 4 is 5.97 Å². The van der Waals surface area contributed by atoms with Gasteiger partial charge in [0.25, 0.3) is 6.43 Å². The van der Waals surface area contributed by atoms with Crippen LogP contribution in [0.25, 0.3) is 0 Å². The van der Waals surface area contributed by atoms with Crippen molar-refractivity contribution in [3.05, 3.63) is 28.8 Å². The Kier molecular flexibility index (Phi) is 4.66. The van der Waals surface area contributed by atoms with Crippen molar-refractivity contribution in [1.29, 1.82) is 5.26 Å². The lowest BCUT2D eigenvalue weighted by Crippen LogP contribution is -2.11. The highest BCUT2D eigenvalue weighted by atomic mass is 19.3. The Morgan fingerprint density at radius 1 is 1.61 bits per heavy atom. The maximum atomic E-state index is 13.5. The molecule has 0 saturated heterocycles. The maximum Gasteiger partial charge on any atom is 0.310 e. The van der Waals surface area contributed by atoms with Gasteiger partial charge in [-0.05, 0) is 6.92 Å². The summed E-state index contributed by atoms with van der Waals surface area (Å²) in [5.74, 6) is -2.07. The fraction of sp³-hybridized carbons (Fsp3) is 0.364. The summed E-state index contributed by atoms with van der Waals surface area (Å²) in [6, 6.07) is 1.45. The number of carbonyl (C=O) groups is 1. The number of hydrogen-bond donors (Lipinski definition) is 0. The molecule has 7 heteroatoms. The monoisotopic (exact) mass is 258 g/mol. The lowest BCUT2D eigenvalue weighted by Gasteiger charge is -2.07. The van der Waals surface area contributed by atoms with Gasteiger partial charge >= 0.3 is 5.97 Å². The lowest BCUT2D eigenvalue weighted by molar-refractivity contribution is -0.142. The molecule has 0 radical (unpaired) electrons. The molecule has 96 valence electrons. The van der Waals surface area contributed by atoms with Gasteiger partial charge in [0.1, 0.15) is 11.8 Å². The summed E-state index contributed by atoms with van der Waals surface area (Å²) in [5, 5.41) is 8.73. The molecule has 0 spiro atoms. The fourth-order valence-corrected chi connectivity index (χ4v) is 1.31. The quantitative estimate of drug-likeness (QED) is 0.776. The standard InChI is InChI=1S/C11H9F3N2O2/c1-2-18-8(17)3-6-5-16-10(11(13)14)9(12)7(6)4-15/h5,11H,2-3H2,1H3. The van der Waals surface area contributed by atoms with E-state index in [0.717, 1.165) is 6.20 Å². The third-order valence-electron chi connectivity index (χ3n) is 2.08. The van der Waals surface area contributed by atoms with Gasteiger partial charge < -0.3 is 4.74 Å². The van der Waals surface area contributed by atoms with Gasteiger partial charge in [-0.25, -0.2) is 13.2 Å². The van der Waals surface area contributed by atoms with E-state index in [1.165, 1.54) is 6.07 Å². The van der Waals surface area contributed by atoms with Gasteiger partial charge in [0.15, 0.2) is 5.82 Å². The summed E-state index contributed by atoms with van der Waals surface area (Å²) in [6.45, 7) is 1.72. The lowest BCUT2D eigenvalue weighted by atomic mass is 10.1. The van der Waals surface area contributed by atoms with Gasteiger partial charge in [-0.3, -0.25) is 9.78 Å². The van der Waals surface area contributed by atoms with Crippen LogP contribution in [0.4, 0.5) is 13.2 Å². The Bertz CT molecular complexity index is 498. The van der Waals surface area contributed by atoms with E-state index in [-0.39, 0.29) is 18.6 Å². The number of rotatable bonds is 4. The number of carbonyl (C=O) groups excluding carboxylic acids is 1. The van der Waals surface area contributed by atoms with Gasteiger partial charge in [0.05, 0.1) is 18.6 Å². The maximum absolute atomic E-state index is 13.5. The minimum atomic E-state index is -3.12. The van der Waals surface area contributed by atoms with Crippen LogP contribution in [-0.4, -0.2) is 17.6 Å². The topological polar surface area (TPSA) is 63.0 Å². The van der Waals surface area contributed by atoms with Crippen molar-refractivity contribution in [2.75, 3.05) is 6.61 Å². The van der Waals surface area contributed by atoms with Crippen molar-refractivity contribution in [3.8, 4) is 6.07 Å². The average molecular weight is 258 g/mol. The van der Waals surface area contributed by atoms with Crippen molar-refractivity contribution in [3.63, 3.8) is 0 Å². The van der Waals surface area contributed by atoms with E-state index in [1.54, 1.807) is 6.92 Å². The number of alkyl halides is 2. The number of aromatic nitrogens is 1. The predicted octanol–water partition coefficient (Wildman–Crippen LogP) is 2.14. The zero-order valence-corrected chi connectivity index (χ0v) is 9.41. The van der Waals surface area contributed by atoms with E-state index in [4.69, 9.17) is 5.26 Å². The molecule has 1 aromatic rings. The molecule has 1 rings (SSSR count). The summed E-state index contributed by atoms with van der Waals surface area (Å²) in [6.07, 6.45) is -2.61. The second kappa shape index (κ2) is 6.00. The molecule has 0 aromatic carbocycles. The smallest absolute Gasteiger partial charge is 0.310 e. The van der Waals surface area contributed by atoms with Crippen LogP contribution in [0.5, 0.6) is 0 Å². The first-order valence-corrected chi connectivity index (χ1v) is 5.02. The first-order valence-electron chi connectivity index (χ1n) is 5.02. The summed E-state index contributed by atoms with van der Waals surface area (Å²) in [4.78, 5) is 14.4. The Labute approximate surface area is 101 Å². The molecule has 1 aromatic heterocycles. The molecular weight excluding hydrogens is 249 g/mol. The minimum absolute atomic E-state index is 0.0714. The van der Waals surface area contributed by atoms with Gasteiger partial charge in [0, 0.05) is 11.8 Å². The number of esters is 1. The van der Waals surface area contributed by atoms with Crippen LogP contribution < -0.4 is 0 Å². The molecule has 0 aliphatic carbocycles. The van der Waals surface area contributed by atoms with Gasteiger partial charge in [-0.2, -0.15) is 5.26 Å². The first-order chi connectivity index (χ1) is 8.51. The molecule has 0 unspecified atom stereocenters. The highest BCUT2D eigenvalue weighted by molar-refractivity contribution is 5.73. The van der Waals surface area contributed by atoms with Crippen LogP contribution in [-0.2, 0) is 16.0 Å². The van der Waals surface area contributed by atoms with E-state index in [1.807, 2.05) is 0 Å². The molecule has 4 nitrogen and oxygen atoms in total. The van der Waals surface area contributed by atoms with Gasteiger partial charge in [-0.15, -0.1) is 0 Å². The van der Waals surface area contributed by atoms with Crippen LogP contribution >= 0.6 is 0 Å². The van der Waals surface area contributed by atoms with Crippen LogP contribution in [0.2, 0.25) is 0 Å². The first kappa shape index (κ1) is 14.0. The Balaban J connectivity index is 3.12. The van der Waals surface area contributed by atoms with Crippen molar-refractivity contribution in [1.82, 2.24) is 4.98 Å². The van der Waals surface area contributed by atoms with E-state index >= 15 is 0 Å². The molecule has 0 bridgehead atoms. The minimum Gasteiger partial charge on any atom is -0.466 e. The fourth-order valence-electron chi connectivity index (χ4n) is 1.31. The van der Waals surface area contributed by atoms with Crippen LogP contribution in [0.1, 0.15) is 30.2 Å². The van der Waals surface area contributed by atoms with E-state index in [9.17, 15) is 18.0 Å². The normalized spacial score (nSPS) is 10.2. The van der Waals surface area contributed by atoms with Gasteiger partial charge in [-0.1, -0.05) is 0 Å². The number of pyridine rings is 1. The molecule has 0 fully saturated rings. The summed E-state index contributed by atoms with van der Waals surface area (Å²) < 4.78 is 42.8. The molecule has 0 aliphatic heterocycles. The molecule has 0 amide bonds. The molecule has 0 N–H and O–H groups in total. The van der Waals surface area contributed by atoms with E-state index in [2.05, 4.69) is 9.72 Å². The zero-order chi connectivity index (χ0) is 13.7.